The summed E-state index contributed by atoms with van der Waals surface area (Å²) < 4.78 is 31.7. The summed E-state index contributed by atoms with van der Waals surface area (Å²) in [6.07, 6.45) is -1.16. The number of amides is 1. The fourth-order valence-corrected chi connectivity index (χ4v) is 4.20. The molecular formula is C17H22F3N3O5S. The fraction of sp³-hybridized carbons (Fsp3) is 0.647. The molecule has 1 aromatic heterocycles. The van der Waals surface area contributed by atoms with E-state index in [0.717, 1.165) is 37.4 Å². The predicted octanol–water partition coefficient (Wildman–Crippen LogP) is 2.29. The van der Waals surface area contributed by atoms with Gasteiger partial charge in [-0.05, 0) is 52.1 Å². The van der Waals surface area contributed by atoms with Crippen LogP contribution in [0.1, 0.15) is 58.4 Å². The van der Waals surface area contributed by atoms with Crippen molar-refractivity contribution in [3.05, 3.63) is 15.6 Å². The summed E-state index contributed by atoms with van der Waals surface area (Å²) in [6, 6.07) is 0. The number of carbonyl (C=O) groups excluding carboxylic acids is 1. The van der Waals surface area contributed by atoms with Crippen LogP contribution >= 0.6 is 11.3 Å². The van der Waals surface area contributed by atoms with Gasteiger partial charge in [0, 0.05) is 5.92 Å². The number of piperidine rings is 1. The van der Waals surface area contributed by atoms with Crippen LogP contribution in [0.15, 0.2) is 0 Å². The maximum absolute atomic E-state index is 12.5. The number of carboxylic acid groups (broad SMARTS) is 2. The molecule has 162 valence electrons. The van der Waals surface area contributed by atoms with Gasteiger partial charge in [0.15, 0.2) is 0 Å². The zero-order chi connectivity index (χ0) is 21.8. The molecule has 1 saturated carbocycles. The van der Waals surface area contributed by atoms with Gasteiger partial charge in [-0.25, -0.2) is 14.6 Å². The summed E-state index contributed by atoms with van der Waals surface area (Å²) in [4.78, 5) is 37.8. The second-order valence-electron chi connectivity index (χ2n) is 6.99. The van der Waals surface area contributed by atoms with E-state index < -0.39 is 23.7 Å². The van der Waals surface area contributed by atoms with Crippen molar-refractivity contribution in [3.63, 3.8) is 0 Å². The zero-order valence-corrected chi connectivity index (χ0v) is 16.5. The van der Waals surface area contributed by atoms with Crippen molar-refractivity contribution >= 4 is 29.2 Å². The Labute approximate surface area is 168 Å². The molecule has 0 unspecified atom stereocenters. The minimum atomic E-state index is -5.08. The average molecular weight is 437 g/mol. The summed E-state index contributed by atoms with van der Waals surface area (Å²) in [6.45, 7) is 3.78. The van der Waals surface area contributed by atoms with Crippen LogP contribution in [0.4, 0.5) is 13.2 Å². The first-order chi connectivity index (χ1) is 13.5. The first-order valence-corrected chi connectivity index (χ1v) is 9.82. The molecule has 4 N–H and O–H groups in total. The average Bonchev–Trinajstić information content (AvgIpc) is 3.00. The molecule has 0 radical (unpaired) electrons. The maximum Gasteiger partial charge on any atom is 0.490 e. The molecule has 0 bridgehead atoms. The van der Waals surface area contributed by atoms with E-state index in [2.05, 4.69) is 15.6 Å². The van der Waals surface area contributed by atoms with Crippen molar-refractivity contribution in [2.24, 2.45) is 0 Å². The molecule has 0 atom stereocenters. The summed E-state index contributed by atoms with van der Waals surface area (Å²) >= 11 is 1.42. The number of alkyl halides is 3. The Kier molecular flexibility index (Phi) is 7.22. The Hall–Kier alpha value is -2.21. The third-order valence-corrected chi connectivity index (χ3v) is 6.24. The Morgan fingerprint density at radius 3 is 2.17 bits per heavy atom. The van der Waals surface area contributed by atoms with Gasteiger partial charge in [-0.2, -0.15) is 13.2 Å². The van der Waals surface area contributed by atoms with E-state index in [1.54, 1.807) is 0 Å². The normalized spacial score (nSPS) is 18.8. The van der Waals surface area contributed by atoms with Crippen LogP contribution in [0, 0.1) is 6.92 Å². The Morgan fingerprint density at radius 1 is 1.21 bits per heavy atom. The Morgan fingerprint density at radius 2 is 1.76 bits per heavy atom. The van der Waals surface area contributed by atoms with E-state index in [4.69, 9.17) is 9.90 Å². The summed E-state index contributed by atoms with van der Waals surface area (Å²) in [7, 11) is 0. The van der Waals surface area contributed by atoms with Gasteiger partial charge < -0.3 is 20.8 Å². The van der Waals surface area contributed by atoms with Crippen LogP contribution in [-0.2, 0) is 9.59 Å². The van der Waals surface area contributed by atoms with Crippen LogP contribution in [0.5, 0.6) is 0 Å². The molecule has 0 aromatic carbocycles. The van der Waals surface area contributed by atoms with Crippen LogP contribution in [0.3, 0.4) is 0 Å². The lowest BCUT2D eigenvalue weighted by Crippen LogP contribution is -2.59. The number of nitrogens with one attached hydrogen (secondary N) is 2. The molecule has 2 aliphatic rings. The summed E-state index contributed by atoms with van der Waals surface area (Å²) in [5.41, 5.74) is -0.362. The minimum Gasteiger partial charge on any atom is -0.480 e. The number of carboxylic acids is 2. The lowest BCUT2D eigenvalue weighted by atomic mass is 9.76. The number of nitrogens with zero attached hydrogens (tertiary/aromatic N) is 1. The highest BCUT2D eigenvalue weighted by atomic mass is 32.1. The smallest absolute Gasteiger partial charge is 0.480 e. The van der Waals surface area contributed by atoms with Gasteiger partial charge in [0.1, 0.15) is 10.4 Å². The van der Waals surface area contributed by atoms with E-state index in [-0.39, 0.29) is 5.91 Å². The van der Waals surface area contributed by atoms with Gasteiger partial charge in [0.2, 0.25) is 0 Å². The monoisotopic (exact) mass is 437 g/mol. The summed E-state index contributed by atoms with van der Waals surface area (Å²) in [5, 5.41) is 23.5. The van der Waals surface area contributed by atoms with Crippen LogP contribution in [-0.4, -0.2) is 57.8 Å². The highest BCUT2D eigenvalue weighted by molar-refractivity contribution is 7.13. The first kappa shape index (κ1) is 23.1. The van der Waals surface area contributed by atoms with E-state index in [1.165, 1.54) is 11.3 Å². The standard InChI is InChI=1S/C15H21N3O3S.C2HF3O2/c1-9-11(12(19)18-15(14(20)21)5-2-6-15)22-13(17-9)10-3-7-16-8-4-10;3-2(4,5)1(6)7/h10,16H,2-8H2,1H3,(H,18,19)(H,20,21);(H,6,7). The predicted molar refractivity (Wildman–Crippen MR) is 97.1 cm³/mol. The first-order valence-electron chi connectivity index (χ1n) is 9.00. The molecule has 8 nitrogen and oxygen atoms in total. The lowest BCUT2D eigenvalue weighted by Gasteiger charge is -2.38. The highest BCUT2D eigenvalue weighted by Crippen LogP contribution is 2.34. The third-order valence-electron chi connectivity index (χ3n) is 4.92. The minimum absolute atomic E-state index is 0.294. The van der Waals surface area contributed by atoms with Crippen LogP contribution in [0.2, 0.25) is 0 Å². The number of thiazole rings is 1. The zero-order valence-electron chi connectivity index (χ0n) is 15.6. The molecule has 1 saturated heterocycles. The number of carbonyl (C=O) groups is 3. The molecular weight excluding hydrogens is 415 g/mol. The van der Waals surface area contributed by atoms with Crippen molar-refractivity contribution in [1.82, 2.24) is 15.6 Å². The SMILES string of the molecule is Cc1nc(C2CCNCC2)sc1C(=O)NC1(C(=O)O)CCC1.O=C(O)C(F)(F)F. The molecule has 2 heterocycles. The molecule has 0 spiro atoms. The molecule has 2 fully saturated rings. The maximum atomic E-state index is 12.5. The van der Waals surface area contributed by atoms with Gasteiger partial charge in [-0.15, -0.1) is 11.3 Å². The van der Waals surface area contributed by atoms with E-state index in [1.807, 2.05) is 6.92 Å². The third kappa shape index (κ3) is 5.66. The number of aromatic nitrogens is 1. The number of aryl methyl sites for hydroxylation is 1. The summed E-state index contributed by atoms with van der Waals surface area (Å²) in [5.74, 6) is -3.58. The van der Waals surface area contributed by atoms with Gasteiger partial charge in [-0.1, -0.05) is 0 Å². The van der Waals surface area contributed by atoms with Crippen molar-refractivity contribution < 1.29 is 37.8 Å². The molecule has 12 heteroatoms. The number of aliphatic carboxylic acids is 2. The van der Waals surface area contributed by atoms with Crippen molar-refractivity contribution in [2.75, 3.05) is 13.1 Å². The van der Waals surface area contributed by atoms with Crippen LogP contribution < -0.4 is 10.6 Å². The second-order valence-corrected chi connectivity index (χ2v) is 8.02. The van der Waals surface area contributed by atoms with Crippen molar-refractivity contribution in [3.8, 4) is 0 Å². The van der Waals surface area contributed by atoms with Crippen LogP contribution in [0.25, 0.3) is 0 Å². The quantitative estimate of drug-likeness (QED) is 0.569. The largest absolute Gasteiger partial charge is 0.490 e. The Bertz CT molecular complexity index is 771. The Balaban J connectivity index is 0.000000370. The number of hydrogen-bond donors (Lipinski definition) is 4. The van der Waals surface area contributed by atoms with Crippen molar-refractivity contribution in [2.45, 2.75) is 56.7 Å². The molecule has 29 heavy (non-hydrogen) atoms. The lowest BCUT2D eigenvalue weighted by molar-refractivity contribution is -0.192. The van der Waals surface area contributed by atoms with Gasteiger partial charge in [-0.3, -0.25) is 4.79 Å². The van der Waals surface area contributed by atoms with E-state index in [9.17, 15) is 27.9 Å². The van der Waals surface area contributed by atoms with Crippen molar-refractivity contribution in [1.29, 1.82) is 0 Å². The fourth-order valence-electron chi connectivity index (χ4n) is 3.07. The second kappa shape index (κ2) is 9.08. The molecule has 1 aliphatic heterocycles. The van der Waals surface area contributed by atoms with Gasteiger partial charge in [0.25, 0.3) is 5.91 Å². The van der Waals surface area contributed by atoms with E-state index in [0.29, 0.717) is 29.3 Å². The molecule has 1 amide bonds. The molecule has 1 aliphatic carbocycles. The number of rotatable bonds is 4. The number of halogens is 3. The topological polar surface area (TPSA) is 129 Å². The molecule has 1 aromatic rings. The highest BCUT2D eigenvalue weighted by Gasteiger charge is 2.46. The number of hydrogen-bond acceptors (Lipinski definition) is 6. The van der Waals surface area contributed by atoms with E-state index >= 15 is 0 Å². The van der Waals surface area contributed by atoms with Gasteiger partial charge in [0.05, 0.1) is 10.7 Å². The molecule has 3 rings (SSSR count). The van der Waals surface area contributed by atoms with Gasteiger partial charge >= 0.3 is 18.1 Å².